The first-order chi connectivity index (χ1) is 15.0. The van der Waals surface area contributed by atoms with Crippen LogP contribution >= 0.6 is 0 Å². The second-order valence-corrected chi connectivity index (χ2v) is 8.86. The van der Waals surface area contributed by atoms with Gasteiger partial charge in [0.25, 0.3) is 11.8 Å². The van der Waals surface area contributed by atoms with Crippen molar-refractivity contribution in [1.82, 2.24) is 10.2 Å². The Labute approximate surface area is 184 Å². The maximum atomic E-state index is 12.8. The highest BCUT2D eigenvalue weighted by atomic mass is 16.5. The summed E-state index contributed by atoms with van der Waals surface area (Å²) in [5.74, 6) is 0.544. The molecule has 4 rings (SSSR count). The zero-order valence-corrected chi connectivity index (χ0v) is 18.5. The van der Waals surface area contributed by atoms with Crippen LogP contribution in [0.25, 0.3) is 0 Å². The fourth-order valence-electron chi connectivity index (χ4n) is 4.98. The summed E-state index contributed by atoms with van der Waals surface area (Å²) >= 11 is 0. The van der Waals surface area contributed by atoms with E-state index in [0.29, 0.717) is 11.3 Å². The molecule has 3 atom stereocenters. The molecule has 164 valence electrons. The summed E-state index contributed by atoms with van der Waals surface area (Å²) in [5.41, 5.74) is 3.14. The van der Waals surface area contributed by atoms with Gasteiger partial charge in [-0.15, -0.1) is 0 Å². The maximum Gasteiger partial charge on any atom is 0.260 e. The minimum atomic E-state index is -0.0831. The maximum absolute atomic E-state index is 12.8. The highest BCUT2D eigenvalue weighted by molar-refractivity contribution is 5.94. The van der Waals surface area contributed by atoms with Gasteiger partial charge in [-0.05, 0) is 87.8 Å². The van der Waals surface area contributed by atoms with E-state index in [0.717, 1.165) is 32.1 Å². The number of fused-ring (bicyclic) bond motifs is 1. The van der Waals surface area contributed by atoms with E-state index < -0.39 is 0 Å². The molecule has 2 aromatic rings. The van der Waals surface area contributed by atoms with Gasteiger partial charge in [0.05, 0.1) is 6.04 Å². The number of carbonyl (C=O) groups excluding carboxylic acids is 2. The summed E-state index contributed by atoms with van der Waals surface area (Å²) in [7, 11) is 0. The Hall–Kier alpha value is -2.82. The van der Waals surface area contributed by atoms with Crippen molar-refractivity contribution in [3.8, 4) is 5.75 Å². The van der Waals surface area contributed by atoms with Crippen LogP contribution in [-0.2, 0) is 11.2 Å². The van der Waals surface area contributed by atoms with E-state index in [-0.39, 0.29) is 36.5 Å². The van der Waals surface area contributed by atoms with Crippen LogP contribution in [0.1, 0.15) is 73.5 Å². The number of nitrogens with one attached hydrogen (secondary N) is 1. The van der Waals surface area contributed by atoms with Gasteiger partial charge in [0.2, 0.25) is 0 Å². The SMILES string of the molecule is CC1CCCC(C)N1C(=O)COc1ccc(C(=O)NC2CCCc3ccccc32)cc1. The molecule has 1 N–H and O–H groups in total. The van der Waals surface area contributed by atoms with Crippen LogP contribution in [-0.4, -0.2) is 35.4 Å². The number of hydrogen-bond acceptors (Lipinski definition) is 3. The van der Waals surface area contributed by atoms with Gasteiger partial charge in [0, 0.05) is 17.6 Å². The number of aryl methyl sites for hydroxylation is 1. The standard InChI is InChI=1S/C26H32N2O3/c1-18-7-5-8-19(2)28(18)25(29)17-31-22-15-13-21(14-16-22)26(30)27-24-12-6-10-20-9-3-4-11-23(20)24/h3-4,9,11,13-16,18-19,24H,5-8,10,12,17H2,1-2H3,(H,27,30). The molecular formula is C26H32N2O3. The summed E-state index contributed by atoms with van der Waals surface area (Å²) in [4.78, 5) is 27.3. The van der Waals surface area contributed by atoms with Gasteiger partial charge in [-0.3, -0.25) is 9.59 Å². The van der Waals surface area contributed by atoms with Gasteiger partial charge in [-0.1, -0.05) is 24.3 Å². The predicted molar refractivity (Wildman–Crippen MR) is 121 cm³/mol. The van der Waals surface area contributed by atoms with Crippen LogP contribution in [0.3, 0.4) is 0 Å². The third kappa shape index (κ3) is 4.92. The van der Waals surface area contributed by atoms with Crippen LogP contribution in [0, 0.1) is 0 Å². The lowest BCUT2D eigenvalue weighted by atomic mass is 9.87. The van der Waals surface area contributed by atoms with E-state index in [1.54, 1.807) is 24.3 Å². The van der Waals surface area contributed by atoms with Crippen molar-refractivity contribution >= 4 is 11.8 Å². The number of amides is 2. The fourth-order valence-corrected chi connectivity index (χ4v) is 4.98. The largest absolute Gasteiger partial charge is 0.484 e. The van der Waals surface area contributed by atoms with Crippen molar-refractivity contribution in [2.45, 2.75) is 70.5 Å². The molecule has 1 aliphatic carbocycles. The summed E-state index contributed by atoms with van der Waals surface area (Å²) < 4.78 is 5.73. The quantitative estimate of drug-likeness (QED) is 0.765. The van der Waals surface area contributed by atoms with Crippen molar-refractivity contribution in [3.05, 3.63) is 65.2 Å². The Bertz CT molecular complexity index is 915. The summed E-state index contributed by atoms with van der Waals surface area (Å²) in [6.45, 7) is 4.23. The Balaban J connectivity index is 1.33. The monoisotopic (exact) mass is 420 g/mol. The third-order valence-corrected chi connectivity index (χ3v) is 6.64. The van der Waals surface area contributed by atoms with E-state index in [1.807, 2.05) is 11.0 Å². The molecule has 1 aliphatic heterocycles. The van der Waals surface area contributed by atoms with Gasteiger partial charge < -0.3 is 15.0 Å². The molecule has 31 heavy (non-hydrogen) atoms. The van der Waals surface area contributed by atoms with Crippen molar-refractivity contribution in [2.24, 2.45) is 0 Å². The summed E-state index contributed by atoms with van der Waals surface area (Å²) in [6.07, 6.45) is 6.37. The number of hydrogen-bond donors (Lipinski definition) is 1. The molecule has 0 spiro atoms. The third-order valence-electron chi connectivity index (χ3n) is 6.64. The Morgan fingerprint density at radius 3 is 2.42 bits per heavy atom. The molecule has 2 aliphatic rings. The van der Waals surface area contributed by atoms with Crippen molar-refractivity contribution in [1.29, 1.82) is 0 Å². The molecule has 0 bridgehead atoms. The average molecular weight is 421 g/mol. The molecule has 5 heteroatoms. The van der Waals surface area contributed by atoms with Crippen LogP contribution in [0.4, 0.5) is 0 Å². The zero-order valence-electron chi connectivity index (χ0n) is 18.5. The van der Waals surface area contributed by atoms with Gasteiger partial charge >= 0.3 is 0 Å². The fraction of sp³-hybridized carbons (Fsp3) is 0.462. The van der Waals surface area contributed by atoms with Gasteiger partial charge in [-0.25, -0.2) is 0 Å². The Morgan fingerprint density at radius 2 is 1.68 bits per heavy atom. The first kappa shape index (κ1) is 21.4. The van der Waals surface area contributed by atoms with Gasteiger partial charge in [-0.2, -0.15) is 0 Å². The number of rotatable bonds is 5. The molecule has 0 saturated carbocycles. The molecule has 5 nitrogen and oxygen atoms in total. The minimum absolute atomic E-state index is 0.0254. The number of likely N-dealkylation sites (tertiary alicyclic amines) is 1. The molecule has 3 unspecified atom stereocenters. The topological polar surface area (TPSA) is 58.6 Å². The first-order valence-electron chi connectivity index (χ1n) is 11.5. The van der Waals surface area contributed by atoms with Crippen LogP contribution in [0.15, 0.2) is 48.5 Å². The van der Waals surface area contributed by atoms with E-state index in [1.165, 1.54) is 17.5 Å². The smallest absolute Gasteiger partial charge is 0.260 e. The lowest BCUT2D eigenvalue weighted by Gasteiger charge is -2.38. The predicted octanol–water partition coefficient (Wildman–Crippen LogP) is 4.66. The van der Waals surface area contributed by atoms with E-state index in [2.05, 4.69) is 37.4 Å². The average Bonchev–Trinajstić information content (AvgIpc) is 2.78. The number of carbonyl (C=O) groups is 2. The van der Waals surface area contributed by atoms with Crippen LogP contribution < -0.4 is 10.1 Å². The van der Waals surface area contributed by atoms with Gasteiger partial charge in [0.15, 0.2) is 6.61 Å². The van der Waals surface area contributed by atoms with Crippen LogP contribution in [0.2, 0.25) is 0 Å². The number of nitrogens with zero attached hydrogens (tertiary/aromatic N) is 1. The van der Waals surface area contributed by atoms with E-state index >= 15 is 0 Å². The molecule has 1 fully saturated rings. The Morgan fingerprint density at radius 1 is 0.968 bits per heavy atom. The molecule has 0 aromatic heterocycles. The minimum Gasteiger partial charge on any atom is -0.484 e. The molecule has 1 heterocycles. The second kappa shape index (κ2) is 9.54. The van der Waals surface area contributed by atoms with Crippen LogP contribution in [0.5, 0.6) is 5.75 Å². The molecular weight excluding hydrogens is 388 g/mol. The molecule has 1 saturated heterocycles. The molecule has 2 amide bonds. The number of piperidine rings is 1. The second-order valence-electron chi connectivity index (χ2n) is 8.86. The van der Waals surface area contributed by atoms with E-state index in [4.69, 9.17) is 4.74 Å². The first-order valence-corrected chi connectivity index (χ1v) is 11.5. The number of ether oxygens (including phenoxy) is 1. The van der Waals surface area contributed by atoms with Crippen molar-refractivity contribution in [3.63, 3.8) is 0 Å². The summed E-state index contributed by atoms with van der Waals surface area (Å²) in [6, 6.07) is 16.0. The zero-order chi connectivity index (χ0) is 21.8. The van der Waals surface area contributed by atoms with E-state index in [9.17, 15) is 9.59 Å². The lowest BCUT2D eigenvalue weighted by Crippen LogP contribution is -2.49. The van der Waals surface area contributed by atoms with Gasteiger partial charge in [0.1, 0.15) is 5.75 Å². The Kier molecular flexibility index (Phi) is 6.59. The number of benzene rings is 2. The molecule has 0 radical (unpaired) electrons. The highest BCUT2D eigenvalue weighted by Gasteiger charge is 2.29. The van der Waals surface area contributed by atoms with Crippen molar-refractivity contribution < 1.29 is 14.3 Å². The highest BCUT2D eigenvalue weighted by Crippen LogP contribution is 2.30. The lowest BCUT2D eigenvalue weighted by molar-refractivity contribution is -0.139. The normalized spacial score (nSPS) is 23.0. The molecule has 2 aromatic carbocycles. The van der Waals surface area contributed by atoms with Crippen molar-refractivity contribution in [2.75, 3.05) is 6.61 Å². The summed E-state index contributed by atoms with van der Waals surface area (Å²) in [5, 5.41) is 3.17.